The number of benzene rings is 1. The second-order valence-electron chi connectivity index (χ2n) is 5.82. The van der Waals surface area contributed by atoms with Gasteiger partial charge in [0.1, 0.15) is 0 Å². The van der Waals surface area contributed by atoms with Crippen molar-refractivity contribution in [2.24, 2.45) is 0 Å². The minimum atomic E-state index is -0.579. The van der Waals surface area contributed by atoms with E-state index in [2.05, 4.69) is 5.32 Å². The van der Waals surface area contributed by atoms with Gasteiger partial charge in [0.25, 0.3) is 5.69 Å². The van der Waals surface area contributed by atoms with Crippen LogP contribution in [0.2, 0.25) is 0 Å². The summed E-state index contributed by atoms with van der Waals surface area (Å²) in [7, 11) is 0. The molecule has 0 spiro atoms. The van der Waals surface area contributed by atoms with E-state index in [1.165, 1.54) is 12.1 Å². The van der Waals surface area contributed by atoms with Crippen molar-refractivity contribution in [3.8, 4) is 0 Å². The lowest BCUT2D eigenvalue weighted by molar-refractivity contribution is -0.384. The van der Waals surface area contributed by atoms with E-state index in [4.69, 9.17) is 4.74 Å². The number of nitrogens with one attached hydrogen (secondary N) is 1. The third-order valence-corrected chi connectivity index (χ3v) is 3.69. The van der Waals surface area contributed by atoms with Gasteiger partial charge in [-0.3, -0.25) is 14.9 Å². The summed E-state index contributed by atoms with van der Waals surface area (Å²) in [5.74, 6) is -0.0646. The molecule has 0 unspecified atom stereocenters. The normalized spacial score (nSPS) is 18.5. The van der Waals surface area contributed by atoms with E-state index in [1.807, 2.05) is 13.8 Å². The first-order chi connectivity index (χ1) is 9.88. The summed E-state index contributed by atoms with van der Waals surface area (Å²) >= 11 is 0. The van der Waals surface area contributed by atoms with E-state index < -0.39 is 10.5 Å². The molecule has 0 bridgehead atoms. The average Bonchev–Trinajstić information content (AvgIpc) is 2.90. The zero-order chi connectivity index (χ0) is 15.5. The van der Waals surface area contributed by atoms with Gasteiger partial charge in [-0.15, -0.1) is 0 Å². The molecule has 1 fully saturated rings. The lowest BCUT2D eigenvalue weighted by Gasteiger charge is -2.27. The van der Waals surface area contributed by atoms with Crippen LogP contribution in [0.4, 0.5) is 5.69 Å². The number of hydrogen-bond donors (Lipinski definition) is 1. The van der Waals surface area contributed by atoms with Gasteiger partial charge in [0, 0.05) is 18.7 Å². The Labute approximate surface area is 123 Å². The summed E-state index contributed by atoms with van der Waals surface area (Å²) in [6.07, 6.45) is 2.29. The van der Waals surface area contributed by atoms with Gasteiger partial charge >= 0.3 is 0 Å². The summed E-state index contributed by atoms with van der Waals surface area (Å²) in [6.45, 7) is 4.48. The molecular weight excluding hydrogens is 272 g/mol. The molecule has 1 aromatic rings. The predicted molar refractivity (Wildman–Crippen MR) is 77.9 cm³/mol. The molecule has 2 rings (SSSR count). The standard InChI is InChI=1S/C15H20N2O4/c1-15(2,11-5-7-12(8-6-11)17(19)20)16-14(18)10-13-4-3-9-21-13/h5-8,13H,3-4,9-10H2,1-2H3,(H,16,18)/t13-/m0/s1. The van der Waals surface area contributed by atoms with Gasteiger partial charge in [-0.25, -0.2) is 0 Å². The number of nitro groups is 1. The minimum Gasteiger partial charge on any atom is -0.378 e. The van der Waals surface area contributed by atoms with Gasteiger partial charge in [0.2, 0.25) is 5.91 Å². The minimum absolute atomic E-state index is 0.0117. The number of rotatable bonds is 5. The monoisotopic (exact) mass is 292 g/mol. The van der Waals surface area contributed by atoms with Crippen LogP contribution in [0.25, 0.3) is 0 Å². The molecule has 0 saturated carbocycles. The summed E-state index contributed by atoms with van der Waals surface area (Å²) < 4.78 is 5.45. The van der Waals surface area contributed by atoms with Crippen LogP contribution in [0.15, 0.2) is 24.3 Å². The van der Waals surface area contributed by atoms with Crippen LogP contribution in [-0.4, -0.2) is 23.5 Å². The molecule has 0 radical (unpaired) electrons. The second-order valence-corrected chi connectivity index (χ2v) is 5.82. The number of carbonyl (C=O) groups excluding carboxylic acids is 1. The highest BCUT2D eigenvalue weighted by molar-refractivity contribution is 5.77. The Morgan fingerprint density at radius 3 is 2.62 bits per heavy atom. The predicted octanol–water partition coefficient (Wildman–Crippen LogP) is 2.52. The molecule has 0 aliphatic carbocycles. The zero-order valence-electron chi connectivity index (χ0n) is 12.3. The van der Waals surface area contributed by atoms with Crippen molar-refractivity contribution < 1.29 is 14.5 Å². The topological polar surface area (TPSA) is 81.5 Å². The summed E-state index contributed by atoms with van der Waals surface area (Å²) in [5.41, 5.74) is 0.291. The molecule has 1 atom stereocenters. The van der Waals surface area contributed by atoms with Crippen LogP contribution < -0.4 is 5.32 Å². The largest absolute Gasteiger partial charge is 0.378 e. The third kappa shape index (κ3) is 4.01. The van der Waals surface area contributed by atoms with Crippen molar-refractivity contribution in [1.29, 1.82) is 0 Å². The highest BCUT2D eigenvalue weighted by Gasteiger charge is 2.26. The summed E-state index contributed by atoms with van der Waals surface area (Å²) in [6, 6.07) is 6.24. The van der Waals surface area contributed by atoms with Crippen molar-refractivity contribution >= 4 is 11.6 Å². The summed E-state index contributed by atoms with van der Waals surface area (Å²) in [5, 5.41) is 13.6. The van der Waals surface area contributed by atoms with Crippen LogP contribution in [0.3, 0.4) is 0 Å². The lowest BCUT2D eigenvalue weighted by atomic mass is 9.93. The van der Waals surface area contributed by atoms with Gasteiger partial charge < -0.3 is 10.1 Å². The molecule has 6 heteroatoms. The Morgan fingerprint density at radius 1 is 1.43 bits per heavy atom. The number of carbonyl (C=O) groups is 1. The molecule has 1 N–H and O–H groups in total. The maximum Gasteiger partial charge on any atom is 0.269 e. The average molecular weight is 292 g/mol. The molecule has 1 heterocycles. The second kappa shape index (κ2) is 6.22. The van der Waals surface area contributed by atoms with Crippen molar-refractivity contribution in [3.05, 3.63) is 39.9 Å². The quantitative estimate of drug-likeness (QED) is 0.668. The van der Waals surface area contributed by atoms with E-state index >= 15 is 0 Å². The number of non-ortho nitro benzene ring substituents is 1. The van der Waals surface area contributed by atoms with Crippen molar-refractivity contribution in [2.75, 3.05) is 6.61 Å². The van der Waals surface area contributed by atoms with E-state index in [-0.39, 0.29) is 17.7 Å². The molecule has 1 saturated heterocycles. The van der Waals surface area contributed by atoms with Crippen LogP contribution in [-0.2, 0) is 15.1 Å². The van der Waals surface area contributed by atoms with Gasteiger partial charge in [-0.1, -0.05) is 0 Å². The van der Waals surface area contributed by atoms with Gasteiger partial charge in [-0.2, -0.15) is 0 Å². The van der Waals surface area contributed by atoms with Crippen LogP contribution in [0.1, 0.15) is 38.7 Å². The number of nitro benzene ring substituents is 1. The van der Waals surface area contributed by atoms with Crippen LogP contribution >= 0.6 is 0 Å². The number of hydrogen-bond acceptors (Lipinski definition) is 4. The first-order valence-electron chi connectivity index (χ1n) is 7.06. The van der Waals surface area contributed by atoms with Gasteiger partial charge in [0.05, 0.1) is 23.0 Å². The van der Waals surface area contributed by atoms with E-state index in [0.717, 1.165) is 25.0 Å². The van der Waals surface area contributed by atoms with Crippen LogP contribution in [0, 0.1) is 10.1 Å². The van der Waals surface area contributed by atoms with E-state index in [1.54, 1.807) is 12.1 Å². The number of nitrogens with zero attached hydrogens (tertiary/aromatic N) is 1. The Balaban J connectivity index is 1.99. The first-order valence-corrected chi connectivity index (χ1v) is 7.06. The number of amides is 1. The molecule has 21 heavy (non-hydrogen) atoms. The van der Waals surface area contributed by atoms with Crippen molar-refractivity contribution in [1.82, 2.24) is 5.32 Å². The van der Waals surface area contributed by atoms with Crippen molar-refractivity contribution in [2.45, 2.75) is 44.8 Å². The fourth-order valence-electron chi connectivity index (χ4n) is 2.48. The molecule has 6 nitrogen and oxygen atoms in total. The molecule has 1 aliphatic rings. The summed E-state index contributed by atoms with van der Waals surface area (Å²) in [4.78, 5) is 22.3. The Morgan fingerprint density at radius 2 is 2.10 bits per heavy atom. The fraction of sp³-hybridized carbons (Fsp3) is 0.533. The van der Waals surface area contributed by atoms with Gasteiger partial charge in [-0.05, 0) is 44.4 Å². The SMILES string of the molecule is CC(C)(NC(=O)C[C@@H]1CCCO1)c1ccc([N+](=O)[O-])cc1. The third-order valence-electron chi connectivity index (χ3n) is 3.69. The van der Waals surface area contributed by atoms with E-state index in [0.29, 0.717) is 6.42 Å². The Bertz CT molecular complexity index is 519. The Hall–Kier alpha value is -1.95. The van der Waals surface area contributed by atoms with Crippen LogP contribution in [0.5, 0.6) is 0 Å². The van der Waals surface area contributed by atoms with E-state index in [9.17, 15) is 14.9 Å². The smallest absolute Gasteiger partial charge is 0.269 e. The van der Waals surface area contributed by atoms with Gasteiger partial charge in [0.15, 0.2) is 0 Å². The fourth-order valence-corrected chi connectivity index (χ4v) is 2.48. The number of ether oxygens (including phenoxy) is 1. The molecule has 114 valence electrons. The first kappa shape index (κ1) is 15.4. The lowest BCUT2D eigenvalue weighted by Crippen LogP contribution is -2.42. The maximum atomic E-state index is 12.1. The molecule has 1 amide bonds. The molecule has 1 aromatic carbocycles. The highest BCUT2D eigenvalue weighted by atomic mass is 16.6. The molecule has 0 aromatic heterocycles. The molecule has 1 aliphatic heterocycles. The highest BCUT2D eigenvalue weighted by Crippen LogP contribution is 2.23. The maximum absolute atomic E-state index is 12.1. The zero-order valence-corrected chi connectivity index (χ0v) is 12.3. The Kier molecular flexibility index (Phi) is 4.57. The molecular formula is C15H20N2O4. The van der Waals surface area contributed by atoms with Crippen molar-refractivity contribution in [3.63, 3.8) is 0 Å².